The van der Waals surface area contributed by atoms with Crippen molar-refractivity contribution in [2.75, 3.05) is 25.1 Å². The van der Waals surface area contributed by atoms with E-state index in [0.717, 1.165) is 16.8 Å². The Morgan fingerprint density at radius 3 is 2.72 bits per heavy atom. The molecule has 1 aliphatic heterocycles. The minimum Gasteiger partial charge on any atom is -0.483 e. The number of ether oxygens (including phenoxy) is 2. The molecular weight excluding hydrogens is 482 g/mol. The second-order valence-electron chi connectivity index (χ2n) is 8.70. The van der Waals surface area contributed by atoms with Crippen molar-refractivity contribution >= 4 is 40.1 Å². The number of nitrogens with zero attached hydrogens (tertiary/aromatic N) is 3. The van der Waals surface area contributed by atoms with E-state index >= 15 is 0 Å². The summed E-state index contributed by atoms with van der Waals surface area (Å²) >= 11 is 6.44. The number of aliphatic carboxylic acids is 1. The Morgan fingerprint density at radius 1 is 1.19 bits per heavy atom. The van der Waals surface area contributed by atoms with E-state index < -0.39 is 5.97 Å². The average Bonchev–Trinajstić information content (AvgIpc) is 3.13. The van der Waals surface area contributed by atoms with E-state index in [4.69, 9.17) is 21.1 Å². The number of carboxylic acids is 1. The summed E-state index contributed by atoms with van der Waals surface area (Å²) in [6.07, 6.45) is 1.02. The van der Waals surface area contributed by atoms with Crippen LogP contribution < -0.4 is 14.4 Å². The SMILES string of the molecule is Cc1c(CC(=O)O)c2ccccc2n1C(=O)c1cnc(OC[C@@H]2CN(C)c3ccccc3O2)c(Cl)c1. The first-order chi connectivity index (χ1) is 17.3. The van der Waals surface area contributed by atoms with Gasteiger partial charge in [0.1, 0.15) is 17.4 Å². The molecule has 8 nitrogen and oxygen atoms in total. The van der Waals surface area contributed by atoms with Gasteiger partial charge in [0.15, 0.2) is 6.10 Å². The van der Waals surface area contributed by atoms with Gasteiger partial charge in [0, 0.05) is 24.3 Å². The zero-order valence-electron chi connectivity index (χ0n) is 19.8. The fourth-order valence-corrected chi connectivity index (χ4v) is 4.82. The van der Waals surface area contributed by atoms with Gasteiger partial charge in [-0.25, -0.2) is 4.98 Å². The molecule has 9 heteroatoms. The number of carbonyl (C=O) groups excluding carboxylic acids is 1. The van der Waals surface area contributed by atoms with Crippen LogP contribution in [0.2, 0.25) is 5.02 Å². The molecule has 0 radical (unpaired) electrons. The molecular formula is C27H24ClN3O5. The van der Waals surface area contributed by atoms with Gasteiger partial charge in [-0.05, 0) is 36.8 Å². The molecule has 0 aliphatic carbocycles. The average molecular weight is 506 g/mol. The van der Waals surface area contributed by atoms with Crippen LogP contribution in [0, 0.1) is 6.92 Å². The van der Waals surface area contributed by atoms with Gasteiger partial charge in [0.2, 0.25) is 5.88 Å². The maximum absolute atomic E-state index is 13.5. The highest BCUT2D eigenvalue weighted by molar-refractivity contribution is 6.32. The van der Waals surface area contributed by atoms with Crippen LogP contribution in [0.4, 0.5) is 5.69 Å². The van der Waals surface area contributed by atoms with Crippen molar-refractivity contribution in [2.45, 2.75) is 19.4 Å². The molecule has 0 saturated heterocycles. The molecule has 0 fully saturated rings. The van der Waals surface area contributed by atoms with Crippen molar-refractivity contribution in [2.24, 2.45) is 0 Å². The Balaban J connectivity index is 1.36. The van der Waals surface area contributed by atoms with Gasteiger partial charge in [0.05, 0.1) is 29.7 Å². The predicted molar refractivity (Wildman–Crippen MR) is 137 cm³/mol. The highest BCUT2D eigenvalue weighted by atomic mass is 35.5. The fourth-order valence-electron chi connectivity index (χ4n) is 4.60. The number of anilines is 1. The highest BCUT2D eigenvalue weighted by Crippen LogP contribution is 2.33. The molecule has 1 aliphatic rings. The highest BCUT2D eigenvalue weighted by Gasteiger charge is 2.25. The first-order valence-electron chi connectivity index (χ1n) is 11.4. The van der Waals surface area contributed by atoms with E-state index in [0.29, 0.717) is 23.3 Å². The number of likely N-dealkylation sites (N-methyl/N-ethyl adjacent to an activating group) is 1. The Labute approximate surface area is 212 Å². The van der Waals surface area contributed by atoms with Crippen molar-refractivity contribution < 1.29 is 24.2 Å². The van der Waals surface area contributed by atoms with Crippen molar-refractivity contribution in [3.8, 4) is 11.6 Å². The first-order valence-corrected chi connectivity index (χ1v) is 11.8. The zero-order valence-corrected chi connectivity index (χ0v) is 20.5. The smallest absolute Gasteiger partial charge is 0.307 e. The molecule has 3 heterocycles. The molecule has 2 aromatic carbocycles. The Bertz CT molecular complexity index is 1480. The summed E-state index contributed by atoms with van der Waals surface area (Å²) in [6, 6.07) is 16.5. The molecule has 4 aromatic rings. The monoisotopic (exact) mass is 505 g/mol. The van der Waals surface area contributed by atoms with Crippen LogP contribution in [-0.4, -0.2) is 52.8 Å². The van der Waals surface area contributed by atoms with Gasteiger partial charge in [-0.15, -0.1) is 0 Å². The second kappa shape index (κ2) is 9.54. The van der Waals surface area contributed by atoms with Gasteiger partial charge in [-0.1, -0.05) is 41.9 Å². The summed E-state index contributed by atoms with van der Waals surface area (Å²) in [4.78, 5) is 31.2. The lowest BCUT2D eigenvalue weighted by molar-refractivity contribution is -0.136. The van der Waals surface area contributed by atoms with Gasteiger partial charge in [-0.2, -0.15) is 0 Å². The number of fused-ring (bicyclic) bond motifs is 2. The van der Waals surface area contributed by atoms with Crippen molar-refractivity contribution in [1.82, 2.24) is 9.55 Å². The third kappa shape index (κ3) is 4.35. The molecule has 2 aromatic heterocycles. The van der Waals surface area contributed by atoms with Crippen LogP contribution in [-0.2, 0) is 11.2 Å². The summed E-state index contributed by atoms with van der Waals surface area (Å²) in [5.74, 6) is -0.318. The lowest BCUT2D eigenvalue weighted by Gasteiger charge is -2.33. The molecule has 0 unspecified atom stereocenters. The molecule has 184 valence electrons. The van der Waals surface area contributed by atoms with Crippen molar-refractivity contribution in [3.05, 3.63) is 82.6 Å². The number of carbonyl (C=O) groups is 2. The number of carboxylic acid groups (broad SMARTS) is 1. The van der Waals surface area contributed by atoms with E-state index in [1.54, 1.807) is 19.1 Å². The normalized spacial score (nSPS) is 14.9. The van der Waals surface area contributed by atoms with E-state index in [9.17, 15) is 14.7 Å². The molecule has 0 bridgehead atoms. The van der Waals surface area contributed by atoms with Crippen molar-refractivity contribution in [1.29, 1.82) is 0 Å². The number of hydrogen-bond acceptors (Lipinski definition) is 6. The molecule has 1 N–H and O–H groups in total. The number of aromatic nitrogens is 2. The number of halogens is 1. The molecule has 1 atom stereocenters. The van der Waals surface area contributed by atoms with Crippen LogP contribution >= 0.6 is 11.6 Å². The van der Waals surface area contributed by atoms with Gasteiger partial charge in [0.25, 0.3) is 5.91 Å². The van der Waals surface area contributed by atoms with Crippen LogP contribution in [0.3, 0.4) is 0 Å². The number of rotatable bonds is 6. The largest absolute Gasteiger partial charge is 0.483 e. The van der Waals surface area contributed by atoms with E-state index in [1.807, 2.05) is 43.4 Å². The van der Waals surface area contributed by atoms with E-state index in [-0.39, 0.29) is 41.5 Å². The van der Waals surface area contributed by atoms with Crippen molar-refractivity contribution in [3.63, 3.8) is 0 Å². The molecule has 0 amide bonds. The van der Waals surface area contributed by atoms with Gasteiger partial charge >= 0.3 is 5.97 Å². The quantitative estimate of drug-likeness (QED) is 0.409. The first kappa shape index (κ1) is 23.7. The Hall–Kier alpha value is -4.04. The summed E-state index contributed by atoms with van der Waals surface area (Å²) in [5, 5.41) is 10.3. The zero-order chi connectivity index (χ0) is 25.4. The molecule has 0 spiro atoms. The van der Waals surface area contributed by atoms with Crippen LogP contribution in [0.25, 0.3) is 10.9 Å². The summed E-state index contributed by atoms with van der Waals surface area (Å²) in [7, 11) is 1.99. The lowest BCUT2D eigenvalue weighted by atomic mass is 10.1. The maximum atomic E-state index is 13.5. The number of para-hydroxylation sites is 3. The Kier molecular flexibility index (Phi) is 6.28. The topological polar surface area (TPSA) is 93.9 Å². The van der Waals surface area contributed by atoms with E-state index in [2.05, 4.69) is 9.88 Å². The van der Waals surface area contributed by atoms with Gasteiger partial charge < -0.3 is 19.5 Å². The maximum Gasteiger partial charge on any atom is 0.307 e. The number of hydrogen-bond donors (Lipinski definition) is 1. The van der Waals surface area contributed by atoms with Crippen LogP contribution in [0.15, 0.2) is 60.8 Å². The second-order valence-corrected chi connectivity index (χ2v) is 9.11. The summed E-state index contributed by atoms with van der Waals surface area (Å²) in [6.45, 7) is 2.62. The lowest BCUT2D eigenvalue weighted by Crippen LogP contribution is -2.41. The summed E-state index contributed by atoms with van der Waals surface area (Å²) < 4.78 is 13.4. The minimum absolute atomic E-state index is 0.179. The Morgan fingerprint density at radius 2 is 1.94 bits per heavy atom. The predicted octanol–water partition coefficient (Wildman–Crippen LogP) is 4.59. The number of pyridine rings is 1. The fraction of sp³-hybridized carbons (Fsp3) is 0.222. The standard InChI is InChI=1S/C27H24ClN3O5/c1-16-20(12-25(32)33)19-7-3-4-8-22(19)31(16)27(34)17-11-21(28)26(29-13-17)35-15-18-14-30(2)23-9-5-6-10-24(23)36-18/h3-11,13,18H,12,14-15H2,1-2H3,(H,32,33)/t18-/m0/s1. The minimum atomic E-state index is -0.962. The van der Waals surface area contributed by atoms with Crippen LogP contribution in [0.5, 0.6) is 11.6 Å². The third-order valence-corrected chi connectivity index (χ3v) is 6.55. The molecule has 36 heavy (non-hydrogen) atoms. The van der Waals surface area contributed by atoms with E-state index in [1.165, 1.54) is 16.8 Å². The van der Waals surface area contributed by atoms with Crippen LogP contribution in [0.1, 0.15) is 21.6 Å². The summed E-state index contributed by atoms with van der Waals surface area (Å²) in [5.41, 5.74) is 3.09. The molecule has 5 rings (SSSR count). The third-order valence-electron chi connectivity index (χ3n) is 6.28. The number of benzene rings is 2. The molecule has 0 saturated carbocycles. The van der Waals surface area contributed by atoms with Gasteiger partial charge in [-0.3, -0.25) is 14.2 Å².